The maximum absolute atomic E-state index is 6.28. The zero-order valence-corrected chi connectivity index (χ0v) is 13.7. The largest absolute Gasteiger partial charge is 0.381 e. The van der Waals surface area contributed by atoms with Crippen molar-refractivity contribution < 1.29 is 4.74 Å². The van der Waals surface area contributed by atoms with Crippen LogP contribution >= 0.6 is 0 Å². The van der Waals surface area contributed by atoms with Gasteiger partial charge >= 0.3 is 0 Å². The van der Waals surface area contributed by atoms with Crippen molar-refractivity contribution >= 4 is 0 Å². The van der Waals surface area contributed by atoms with Gasteiger partial charge in [-0.3, -0.25) is 0 Å². The summed E-state index contributed by atoms with van der Waals surface area (Å²) in [4.78, 5) is 0. The van der Waals surface area contributed by atoms with E-state index in [0.29, 0.717) is 12.0 Å². The fourth-order valence-corrected chi connectivity index (χ4v) is 3.21. The number of hydrogen-bond donors (Lipinski definition) is 1. The molecule has 2 nitrogen and oxygen atoms in total. The molecule has 1 aliphatic rings. The van der Waals surface area contributed by atoms with Gasteiger partial charge in [-0.2, -0.15) is 0 Å². The van der Waals surface area contributed by atoms with Crippen LogP contribution in [0, 0.1) is 5.92 Å². The Balaban J connectivity index is 1.82. The highest BCUT2D eigenvalue weighted by atomic mass is 16.5. The Hall–Kier alpha value is -0.0800. The van der Waals surface area contributed by atoms with E-state index in [-0.39, 0.29) is 0 Å². The molecule has 2 N–H and O–H groups in total. The molecule has 0 aromatic rings. The minimum Gasteiger partial charge on any atom is -0.381 e. The molecular weight excluding hydrogens is 246 g/mol. The molecule has 2 unspecified atom stereocenters. The Morgan fingerprint density at radius 3 is 2.10 bits per heavy atom. The fraction of sp³-hybridized carbons (Fsp3) is 1.00. The summed E-state index contributed by atoms with van der Waals surface area (Å²) in [6.45, 7) is 4.13. The summed E-state index contributed by atoms with van der Waals surface area (Å²) in [5.41, 5.74) is 6.28. The van der Waals surface area contributed by atoms with Crippen molar-refractivity contribution in [3.63, 3.8) is 0 Å². The molecule has 0 saturated carbocycles. The first-order chi connectivity index (χ1) is 9.84. The van der Waals surface area contributed by atoms with Crippen LogP contribution in [0.5, 0.6) is 0 Å². The predicted molar refractivity (Wildman–Crippen MR) is 88.0 cm³/mol. The van der Waals surface area contributed by atoms with Gasteiger partial charge in [-0.05, 0) is 25.2 Å². The van der Waals surface area contributed by atoms with E-state index in [2.05, 4.69) is 6.92 Å². The summed E-state index contributed by atoms with van der Waals surface area (Å²) < 4.78 is 5.52. The zero-order valence-electron chi connectivity index (χ0n) is 13.7. The van der Waals surface area contributed by atoms with Gasteiger partial charge in [-0.15, -0.1) is 0 Å². The normalized spacial score (nSPS) is 21.0. The van der Waals surface area contributed by atoms with Crippen molar-refractivity contribution in [2.24, 2.45) is 11.7 Å². The summed E-state index contributed by atoms with van der Waals surface area (Å²) in [5, 5.41) is 0. The molecule has 0 aliphatic carbocycles. The Morgan fingerprint density at radius 1 is 0.950 bits per heavy atom. The van der Waals surface area contributed by atoms with Crippen LogP contribution in [0.15, 0.2) is 0 Å². The average Bonchev–Trinajstić information content (AvgIpc) is 2.50. The molecule has 0 radical (unpaired) electrons. The molecule has 1 fully saturated rings. The van der Waals surface area contributed by atoms with Gasteiger partial charge in [0.1, 0.15) is 0 Å². The first-order valence-electron chi connectivity index (χ1n) is 9.18. The Morgan fingerprint density at radius 2 is 1.55 bits per heavy atom. The second-order valence-electron chi connectivity index (χ2n) is 6.61. The van der Waals surface area contributed by atoms with E-state index in [0.717, 1.165) is 13.2 Å². The minimum absolute atomic E-state index is 0.379. The third-order valence-electron chi connectivity index (χ3n) is 4.69. The van der Waals surface area contributed by atoms with Gasteiger partial charge in [0, 0.05) is 12.6 Å². The summed E-state index contributed by atoms with van der Waals surface area (Å²) in [5.74, 6) is 0.627. The fourth-order valence-electron chi connectivity index (χ4n) is 3.21. The van der Waals surface area contributed by atoms with E-state index in [9.17, 15) is 0 Å². The van der Waals surface area contributed by atoms with Gasteiger partial charge in [-0.25, -0.2) is 0 Å². The van der Waals surface area contributed by atoms with Crippen LogP contribution in [0.3, 0.4) is 0 Å². The number of nitrogens with two attached hydrogens (primary N) is 1. The van der Waals surface area contributed by atoms with Gasteiger partial charge < -0.3 is 10.5 Å². The molecule has 0 aromatic carbocycles. The highest BCUT2D eigenvalue weighted by Crippen LogP contribution is 2.20. The predicted octanol–water partition coefficient (Wildman–Crippen LogP) is 5.05. The molecule has 120 valence electrons. The lowest BCUT2D eigenvalue weighted by molar-refractivity contribution is 0.0435. The Kier molecular flexibility index (Phi) is 11.4. The van der Waals surface area contributed by atoms with Crippen LogP contribution < -0.4 is 5.73 Å². The third kappa shape index (κ3) is 8.97. The molecular formula is C18H37NO. The monoisotopic (exact) mass is 283 g/mol. The van der Waals surface area contributed by atoms with Crippen LogP contribution in [0.25, 0.3) is 0 Å². The van der Waals surface area contributed by atoms with Crippen molar-refractivity contribution in [1.29, 1.82) is 0 Å². The second-order valence-corrected chi connectivity index (χ2v) is 6.61. The van der Waals surface area contributed by atoms with E-state index in [1.807, 2.05) is 0 Å². The molecule has 1 aliphatic heterocycles. The van der Waals surface area contributed by atoms with Crippen molar-refractivity contribution in [3.05, 3.63) is 0 Å². The van der Waals surface area contributed by atoms with Crippen molar-refractivity contribution in [2.45, 2.75) is 96.4 Å². The van der Waals surface area contributed by atoms with E-state index < -0.39 is 0 Å². The number of rotatable bonds is 12. The van der Waals surface area contributed by atoms with Gasteiger partial charge in [0.2, 0.25) is 0 Å². The van der Waals surface area contributed by atoms with Crippen LogP contribution in [0.1, 0.15) is 90.4 Å². The minimum atomic E-state index is 0.379. The van der Waals surface area contributed by atoms with Gasteiger partial charge in [0.05, 0.1) is 6.61 Å². The van der Waals surface area contributed by atoms with E-state index in [1.54, 1.807) is 0 Å². The summed E-state index contributed by atoms with van der Waals surface area (Å²) >= 11 is 0. The van der Waals surface area contributed by atoms with Crippen molar-refractivity contribution in [1.82, 2.24) is 0 Å². The first-order valence-corrected chi connectivity index (χ1v) is 9.18. The summed E-state index contributed by atoms with van der Waals surface area (Å²) in [7, 11) is 0. The summed E-state index contributed by atoms with van der Waals surface area (Å²) in [6.07, 6.45) is 17.7. The topological polar surface area (TPSA) is 35.2 Å². The van der Waals surface area contributed by atoms with Crippen molar-refractivity contribution in [3.8, 4) is 0 Å². The molecule has 1 rings (SSSR count). The molecule has 1 heterocycles. The van der Waals surface area contributed by atoms with Crippen LogP contribution in [-0.4, -0.2) is 19.3 Å². The molecule has 1 saturated heterocycles. The lowest BCUT2D eigenvalue weighted by Crippen LogP contribution is -2.35. The molecule has 0 spiro atoms. The SMILES string of the molecule is CCCCCCCCCCCCC(N)C1CCCOC1. The van der Waals surface area contributed by atoms with E-state index in [1.165, 1.54) is 83.5 Å². The smallest absolute Gasteiger partial charge is 0.0509 e. The van der Waals surface area contributed by atoms with E-state index in [4.69, 9.17) is 10.5 Å². The first kappa shape index (κ1) is 18.0. The molecule has 0 amide bonds. The number of unbranched alkanes of at least 4 members (excludes halogenated alkanes) is 9. The van der Waals surface area contributed by atoms with Crippen molar-refractivity contribution in [2.75, 3.05) is 13.2 Å². The lowest BCUT2D eigenvalue weighted by Gasteiger charge is -2.27. The van der Waals surface area contributed by atoms with Gasteiger partial charge in [0.25, 0.3) is 0 Å². The quantitative estimate of drug-likeness (QED) is 0.509. The molecule has 0 bridgehead atoms. The highest BCUT2D eigenvalue weighted by molar-refractivity contribution is 4.75. The highest BCUT2D eigenvalue weighted by Gasteiger charge is 2.20. The van der Waals surface area contributed by atoms with Gasteiger partial charge in [-0.1, -0.05) is 71.1 Å². The lowest BCUT2D eigenvalue weighted by atomic mass is 9.90. The molecule has 2 heteroatoms. The third-order valence-corrected chi connectivity index (χ3v) is 4.69. The van der Waals surface area contributed by atoms with Crippen LogP contribution in [-0.2, 0) is 4.74 Å². The molecule has 0 aromatic heterocycles. The second kappa shape index (κ2) is 12.6. The van der Waals surface area contributed by atoms with Gasteiger partial charge in [0.15, 0.2) is 0 Å². The summed E-state index contributed by atoms with van der Waals surface area (Å²) in [6, 6.07) is 0.379. The number of ether oxygens (including phenoxy) is 1. The Labute approximate surface area is 126 Å². The maximum atomic E-state index is 6.28. The van der Waals surface area contributed by atoms with E-state index >= 15 is 0 Å². The number of hydrogen-bond acceptors (Lipinski definition) is 2. The van der Waals surface area contributed by atoms with Crippen LogP contribution in [0.4, 0.5) is 0 Å². The molecule has 2 atom stereocenters. The Bertz CT molecular complexity index is 202. The maximum Gasteiger partial charge on any atom is 0.0509 e. The standard InChI is InChI=1S/C18H37NO/c1-2-3-4-5-6-7-8-9-10-11-14-18(19)17-13-12-15-20-16-17/h17-18H,2-16,19H2,1H3. The average molecular weight is 284 g/mol. The van der Waals surface area contributed by atoms with Crippen LogP contribution in [0.2, 0.25) is 0 Å². The zero-order chi connectivity index (χ0) is 14.5. The molecule has 20 heavy (non-hydrogen) atoms.